The minimum absolute atomic E-state index is 0.0382. The molecule has 0 bridgehead atoms. The number of imide groups is 1. The van der Waals surface area contributed by atoms with Crippen LogP contribution in [0.15, 0.2) is 18.2 Å². The fourth-order valence-corrected chi connectivity index (χ4v) is 3.18. The number of amides is 3. The van der Waals surface area contributed by atoms with Gasteiger partial charge >= 0.3 is 0 Å². The van der Waals surface area contributed by atoms with Crippen molar-refractivity contribution in [1.29, 1.82) is 0 Å². The fourth-order valence-electron chi connectivity index (χ4n) is 3.18. The summed E-state index contributed by atoms with van der Waals surface area (Å²) >= 11 is 0. The predicted octanol–water partition coefficient (Wildman–Crippen LogP) is 0.738. The lowest BCUT2D eigenvalue weighted by molar-refractivity contribution is -0.131. The summed E-state index contributed by atoms with van der Waals surface area (Å²) in [5.41, 5.74) is 1.58. The summed E-state index contributed by atoms with van der Waals surface area (Å²) in [5, 5.41) is 5.62. The Morgan fingerprint density at radius 1 is 0.943 bits per heavy atom. The number of carbonyl (C=O) groups is 5. The monoisotopic (exact) mass is 493 g/mol. The Labute approximate surface area is 205 Å². The third-order valence-corrected chi connectivity index (χ3v) is 5.04. The number of carbonyl (C=O) groups excluding carboxylic acids is 5. The molecule has 1 aromatic rings. The summed E-state index contributed by atoms with van der Waals surface area (Å²) in [6, 6.07) is 3.98. The molecule has 0 heterocycles. The average Bonchev–Trinajstić information content (AvgIpc) is 2.87. The van der Waals surface area contributed by atoms with Gasteiger partial charge in [0.25, 0.3) is 5.91 Å². The van der Waals surface area contributed by atoms with Crippen molar-refractivity contribution in [2.45, 2.75) is 32.2 Å². The van der Waals surface area contributed by atoms with Crippen LogP contribution in [-0.4, -0.2) is 95.0 Å². The minimum Gasteiger partial charge on any atom is -0.382 e. The lowest BCUT2D eigenvalue weighted by atomic mass is 10.0. The van der Waals surface area contributed by atoms with Crippen LogP contribution in [0.4, 0.5) is 5.69 Å². The first-order chi connectivity index (χ1) is 17.0. The Morgan fingerprint density at radius 2 is 1.57 bits per heavy atom. The summed E-state index contributed by atoms with van der Waals surface area (Å²) in [4.78, 5) is 58.8. The van der Waals surface area contributed by atoms with Gasteiger partial charge in [-0.2, -0.15) is 0 Å². The molecule has 0 aliphatic heterocycles. The second-order valence-electron chi connectivity index (χ2n) is 7.39. The van der Waals surface area contributed by atoms with Gasteiger partial charge in [0.15, 0.2) is 0 Å². The van der Waals surface area contributed by atoms with Crippen molar-refractivity contribution >= 4 is 36.5 Å². The standard InChI is InChI=1S/C24H35N3O8/c1-19-20(24(32)27(18-30)22(8-4-10-28)23(31)25-2)6-3-7-21(19)26-9-13-34-15-17-35-16-14-33-12-5-11-29/h3,6-7,10-11,18,22,26H,4-5,8-9,12-17H2,1-2H3,(H,25,31). The van der Waals surface area contributed by atoms with Gasteiger partial charge in [-0.25, -0.2) is 0 Å². The van der Waals surface area contributed by atoms with Gasteiger partial charge in [-0.3, -0.25) is 19.3 Å². The number of anilines is 1. The molecule has 0 saturated heterocycles. The van der Waals surface area contributed by atoms with E-state index in [-0.39, 0.29) is 18.4 Å². The summed E-state index contributed by atoms with van der Waals surface area (Å²) in [6.07, 6.45) is 2.22. The van der Waals surface area contributed by atoms with E-state index in [1.807, 2.05) is 0 Å². The number of nitrogens with zero attached hydrogens (tertiary/aromatic N) is 1. The van der Waals surface area contributed by atoms with Gasteiger partial charge < -0.3 is 34.4 Å². The lowest BCUT2D eigenvalue weighted by Gasteiger charge is -2.26. The number of ether oxygens (including phenoxy) is 3. The number of hydrogen-bond acceptors (Lipinski definition) is 9. The second kappa shape index (κ2) is 18.2. The number of benzene rings is 1. The third kappa shape index (κ3) is 10.8. The van der Waals surface area contributed by atoms with Crippen molar-refractivity contribution in [1.82, 2.24) is 10.2 Å². The van der Waals surface area contributed by atoms with E-state index in [4.69, 9.17) is 14.2 Å². The van der Waals surface area contributed by atoms with Gasteiger partial charge in [0.2, 0.25) is 12.3 Å². The Kier molecular flexibility index (Phi) is 15.5. The molecule has 11 heteroatoms. The number of nitrogens with one attached hydrogen (secondary N) is 2. The van der Waals surface area contributed by atoms with Crippen LogP contribution < -0.4 is 10.6 Å². The van der Waals surface area contributed by atoms with Gasteiger partial charge in [0.1, 0.15) is 18.6 Å². The van der Waals surface area contributed by atoms with Crippen LogP contribution in [0.5, 0.6) is 0 Å². The zero-order valence-corrected chi connectivity index (χ0v) is 20.3. The van der Waals surface area contributed by atoms with E-state index >= 15 is 0 Å². The van der Waals surface area contributed by atoms with Crippen molar-refractivity contribution in [2.24, 2.45) is 0 Å². The van der Waals surface area contributed by atoms with Gasteiger partial charge in [-0.05, 0) is 31.0 Å². The first kappa shape index (κ1) is 29.9. The molecule has 3 amide bonds. The molecular formula is C24H35N3O8. The highest BCUT2D eigenvalue weighted by molar-refractivity contribution is 6.04. The highest BCUT2D eigenvalue weighted by Crippen LogP contribution is 2.21. The fraction of sp³-hybridized carbons (Fsp3) is 0.542. The van der Waals surface area contributed by atoms with Crippen LogP contribution in [0.1, 0.15) is 35.2 Å². The molecule has 35 heavy (non-hydrogen) atoms. The summed E-state index contributed by atoms with van der Waals surface area (Å²) < 4.78 is 16.1. The van der Waals surface area contributed by atoms with Crippen LogP contribution >= 0.6 is 0 Å². The zero-order valence-electron chi connectivity index (χ0n) is 20.3. The van der Waals surface area contributed by atoms with E-state index in [9.17, 15) is 24.0 Å². The molecule has 0 aliphatic carbocycles. The molecule has 0 aliphatic rings. The molecule has 0 fully saturated rings. The number of likely N-dealkylation sites (N-methyl/N-ethyl adjacent to an activating group) is 1. The first-order valence-electron chi connectivity index (χ1n) is 11.4. The molecule has 11 nitrogen and oxygen atoms in total. The Morgan fingerprint density at radius 3 is 2.17 bits per heavy atom. The van der Waals surface area contributed by atoms with Crippen LogP contribution in [0, 0.1) is 6.92 Å². The topological polar surface area (TPSA) is 140 Å². The molecule has 1 unspecified atom stereocenters. The lowest BCUT2D eigenvalue weighted by Crippen LogP contribution is -2.48. The maximum atomic E-state index is 13.1. The largest absolute Gasteiger partial charge is 0.382 e. The van der Waals surface area contributed by atoms with E-state index in [0.717, 1.165) is 11.2 Å². The van der Waals surface area contributed by atoms with Crippen molar-refractivity contribution < 1.29 is 38.2 Å². The quantitative estimate of drug-likeness (QED) is 0.199. The molecule has 0 aromatic heterocycles. The van der Waals surface area contributed by atoms with Crippen LogP contribution in [0.3, 0.4) is 0 Å². The van der Waals surface area contributed by atoms with Crippen LogP contribution in [-0.2, 0) is 33.4 Å². The van der Waals surface area contributed by atoms with E-state index in [1.54, 1.807) is 25.1 Å². The van der Waals surface area contributed by atoms with E-state index < -0.39 is 17.9 Å². The van der Waals surface area contributed by atoms with Crippen molar-refractivity contribution in [3.05, 3.63) is 29.3 Å². The van der Waals surface area contributed by atoms with Crippen LogP contribution in [0.2, 0.25) is 0 Å². The second-order valence-corrected chi connectivity index (χ2v) is 7.39. The normalized spacial score (nSPS) is 11.4. The van der Waals surface area contributed by atoms with E-state index in [1.165, 1.54) is 7.05 Å². The zero-order chi connectivity index (χ0) is 25.9. The first-order valence-corrected chi connectivity index (χ1v) is 11.4. The Hall–Kier alpha value is -3.15. The molecule has 1 aromatic carbocycles. The third-order valence-electron chi connectivity index (χ3n) is 5.04. The number of aldehydes is 2. The number of hydrogen-bond donors (Lipinski definition) is 2. The highest BCUT2D eigenvalue weighted by Gasteiger charge is 2.30. The number of rotatable bonds is 20. The molecule has 2 N–H and O–H groups in total. The van der Waals surface area contributed by atoms with Crippen molar-refractivity contribution in [3.63, 3.8) is 0 Å². The maximum absolute atomic E-state index is 13.1. The van der Waals surface area contributed by atoms with Gasteiger partial charge in [-0.1, -0.05) is 6.07 Å². The molecule has 1 rings (SSSR count). The van der Waals surface area contributed by atoms with Gasteiger partial charge in [0.05, 0.1) is 39.6 Å². The summed E-state index contributed by atoms with van der Waals surface area (Å²) in [5.74, 6) is -1.14. The molecular weight excluding hydrogens is 458 g/mol. The molecule has 0 saturated carbocycles. The summed E-state index contributed by atoms with van der Waals surface area (Å²) in [6.45, 7) is 4.68. The smallest absolute Gasteiger partial charge is 0.261 e. The predicted molar refractivity (Wildman–Crippen MR) is 128 cm³/mol. The summed E-state index contributed by atoms with van der Waals surface area (Å²) in [7, 11) is 1.40. The van der Waals surface area contributed by atoms with Crippen molar-refractivity contribution in [2.75, 3.05) is 58.6 Å². The molecule has 0 spiro atoms. The SMILES string of the molecule is CNC(=O)C(CCC=O)N(C=O)C(=O)c1cccc(NCCOCCOCCOCCC=O)c1C. The Balaban J connectivity index is 2.56. The van der Waals surface area contributed by atoms with Gasteiger partial charge in [0, 0.05) is 37.7 Å². The van der Waals surface area contributed by atoms with E-state index in [0.29, 0.717) is 76.6 Å². The maximum Gasteiger partial charge on any atom is 0.261 e. The molecule has 1 atom stereocenters. The van der Waals surface area contributed by atoms with Crippen LogP contribution in [0.25, 0.3) is 0 Å². The Bertz CT molecular complexity index is 818. The minimum atomic E-state index is -1.08. The molecule has 194 valence electrons. The van der Waals surface area contributed by atoms with Crippen molar-refractivity contribution in [3.8, 4) is 0 Å². The highest BCUT2D eigenvalue weighted by atomic mass is 16.5. The average molecular weight is 494 g/mol. The van der Waals surface area contributed by atoms with E-state index in [2.05, 4.69) is 10.6 Å². The van der Waals surface area contributed by atoms with Gasteiger partial charge in [-0.15, -0.1) is 0 Å². The molecule has 0 radical (unpaired) electrons.